The number of nitrogens with zero attached hydrogens (tertiary/aromatic N) is 2. The van der Waals surface area contributed by atoms with E-state index in [1.54, 1.807) is 0 Å². The van der Waals surface area contributed by atoms with Crippen molar-refractivity contribution >= 4 is 66.1 Å². The van der Waals surface area contributed by atoms with Crippen LogP contribution in [0.5, 0.6) is 0 Å². The van der Waals surface area contributed by atoms with Crippen LogP contribution in [0.1, 0.15) is 36.0 Å². The van der Waals surface area contributed by atoms with E-state index in [4.69, 9.17) is 4.99 Å². The van der Waals surface area contributed by atoms with Crippen LogP contribution >= 0.6 is 48.8 Å². The molecule has 0 bridgehead atoms. The number of aliphatic imine (C=N–C) groups is 1. The highest BCUT2D eigenvalue weighted by Crippen LogP contribution is 2.22. The van der Waals surface area contributed by atoms with Crippen molar-refractivity contribution < 1.29 is 4.79 Å². The van der Waals surface area contributed by atoms with Gasteiger partial charge in [-0.25, -0.2) is 0 Å². The Balaban J connectivity index is 0.00000243. The van der Waals surface area contributed by atoms with Gasteiger partial charge in [-0.1, -0.05) is 50.4 Å². The monoisotopic (exact) mass is 542 g/mol. The number of ketones is 1. The fourth-order valence-corrected chi connectivity index (χ4v) is 3.43. The third kappa shape index (κ3) is 5.76. The van der Waals surface area contributed by atoms with E-state index in [1.807, 2.05) is 48.5 Å². The molecule has 0 aromatic heterocycles. The number of anilines is 1. The van der Waals surface area contributed by atoms with Gasteiger partial charge in [-0.05, 0) is 49.2 Å². The number of hydrogen-bond acceptors (Lipinski definition) is 3. The molecule has 3 rings (SSSR count). The Bertz CT molecular complexity index is 758. The zero-order chi connectivity index (χ0) is 17.6. The van der Waals surface area contributed by atoms with E-state index in [0.717, 1.165) is 51.8 Å². The van der Waals surface area contributed by atoms with Crippen LogP contribution in [-0.4, -0.2) is 24.7 Å². The molecule has 3 nitrogen and oxygen atoms in total. The van der Waals surface area contributed by atoms with E-state index >= 15 is 0 Å². The topological polar surface area (TPSA) is 32.7 Å². The van der Waals surface area contributed by atoms with E-state index in [2.05, 4.69) is 36.8 Å². The van der Waals surface area contributed by atoms with Crippen LogP contribution in [0.3, 0.4) is 0 Å². The zero-order valence-electron chi connectivity index (χ0n) is 14.3. The van der Waals surface area contributed by atoms with Gasteiger partial charge in [0, 0.05) is 33.2 Å². The predicted molar refractivity (Wildman–Crippen MR) is 121 cm³/mol. The quantitative estimate of drug-likeness (QED) is 0.414. The number of rotatable bonds is 4. The molecule has 1 heterocycles. The van der Waals surface area contributed by atoms with Crippen LogP contribution in [0.15, 0.2) is 62.5 Å². The molecule has 0 atom stereocenters. The molecule has 0 amide bonds. The maximum atomic E-state index is 12.8. The van der Waals surface area contributed by atoms with Gasteiger partial charge in [0.2, 0.25) is 0 Å². The Kier molecular flexibility index (Phi) is 8.51. The van der Waals surface area contributed by atoms with Gasteiger partial charge in [0.1, 0.15) is 5.84 Å². The number of hydrogen-bond donors (Lipinski definition) is 0. The fourth-order valence-electron chi connectivity index (χ4n) is 2.90. The van der Waals surface area contributed by atoms with Crippen molar-refractivity contribution in [1.29, 1.82) is 0 Å². The molecule has 1 aliphatic rings. The van der Waals surface area contributed by atoms with Gasteiger partial charge in [0.15, 0.2) is 5.78 Å². The van der Waals surface area contributed by atoms with Crippen LogP contribution in [-0.2, 0) is 0 Å². The van der Waals surface area contributed by atoms with Gasteiger partial charge in [-0.15, -0.1) is 17.0 Å². The zero-order valence-corrected chi connectivity index (χ0v) is 19.2. The summed E-state index contributed by atoms with van der Waals surface area (Å²) in [5.74, 6) is 1.12. The molecule has 2 aromatic carbocycles. The summed E-state index contributed by atoms with van der Waals surface area (Å²) < 4.78 is 2.00. The molecule has 138 valence electrons. The lowest BCUT2D eigenvalue weighted by atomic mass is 10.1. The Morgan fingerprint density at radius 1 is 0.923 bits per heavy atom. The van der Waals surface area contributed by atoms with Crippen LogP contribution in [0.25, 0.3) is 0 Å². The van der Waals surface area contributed by atoms with Crippen LogP contribution in [0.2, 0.25) is 0 Å². The Morgan fingerprint density at radius 2 is 1.54 bits per heavy atom. The third-order valence-electron chi connectivity index (χ3n) is 4.27. The Labute approximate surface area is 181 Å². The molecule has 0 N–H and O–H groups in total. The van der Waals surface area contributed by atoms with Crippen LogP contribution < -0.4 is 4.90 Å². The number of halogens is 3. The van der Waals surface area contributed by atoms with Crippen molar-refractivity contribution in [3.05, 3.63) is 63.0 Å². The maximum absolute atomic E-state index is 12.8. The lowest BCUT2D eigenvalue weighted by Crippen LogP contribution is -2.35. The summed E-state index contributed by atoms with van der Waals surface area (Å²) in [4.78, 5) is 19.6. The van der Waals surface area contributed by atoms with Crippen molar-refractivity contribution in [2.24, 2.45) is 4.99 Å². The molecule has 0 radical (unpaired) electrons. The Hall–Kier alpha value is -0.980. The number of benzene rings is 2. The van der Waals surface area contributed by atoms with Crippen molar-refractivity contribution in [3.63, 3.8) is 0 Å². The predicted octanol–water partition coefficient (Wildman–Crippen LogP) is 6.45. The molecule has 26 heavy (non-hydrogen) atoms. The molecular formula is C20H21Br3N2O. The number of carbonyl (C=O) groups excluding carboxylic acids is 1. The number of amidine groups is 1. The minimum atomic E-state index is 0. The molecule has 0 aliphatic carbocycles. The second-order valence-corrected chi connectivity index (χ2v) is 7.93. The second kappa shape index (κ2) is 10.4. The van der Waals surface area contributed by atoms with E-state index in [1.165, 1.54) is 6.42 Å². The van der Waals surface area contributed by atoms with Gasteiger partial charge in [-0.2, -0.15) is 0 Å². The van der Waals surface area contributed by atoms with E-state index in [0.29, 0.717) is 6.54 Å². The van der Waals surface area contributed by atoms with Crippen molar-refractivity contribution in [2.45, 2.75) is 25.7 Å². The molecule has 0 saturated carbocycles. The van der Waals surface area contributed by atoms with E-state index in [-0.39, 0.29) is 22.8 Å². The van der Waals surface area contributed by atoms with Crippen LogP contribution in [0.4, 0.5) is 5.69 Å². The van der Waals surface area contributed by atoms with Crippen molar-refractivity contribution in [3.8, 4) is 0 Å². The molecular weight excluding hydrogens is 524 g/mol. The SMILES string of the molecule is Br.O=C(CN(C1=NCCCCC1)c1ccc(Br)cc1)c1ccc(Br)cc1. The molecule has 6 heteroatoms. The summed E-state index contributed by atoms with van der Waals surface area (Å²) in [6.45, 7) is 1.15. The first-order chi connectivity index (χ1) is 12.1. The first-order valence-electron chi connectivity index (χ1n) is 8.49. The lowest BCUT2D eigenvalue weighted by molar-refractivity contribution is 0.100. The molecule has 2 aromatic rings. The van der Waals surface area contributed by atoms with Gasteiger partial charge in [-0.3, -0.25) is 9.79 Å². The van der Waals surface area contributed by atoms with Gasteiger partial charge >= 0.3 is 0 Å². The highest BCUT2D eigenvalue weighted by Gasteiger charge is 2.19. The number of Topliss-reactive ketones (excluding diaryl/α,β-unsaturated/α-hetero) is 1. The van der Waals surface area contributed by atoms with Gasteiger partial charge < -0.3 is 4.90 Å². The van der Waals surface area contributed by atoms with Gasteiger partial charge in [0.05, 0.1) is 6.54 Å². The Morgan fingerprint density at radius 3 is 2.19 bits per heavy atom. The smallest absolute Gasteiger partial charge is 0.182 e. The van der Waals surface area contributed by atoms with Crippen LogP contribution in [0, 0.1) is 0 Å². The minimum Gasteiger partial charge on any atom is -0.322 e. The first kappa shape index (κ1) is 21.3. The molecule has 0 unspecified atom stereocenters. The average molecular weight is 545 g/mol. The second-order valence-electron chi connectivity index (χ2n) is 6.10. The average Bonchev–Trinajstić information content (AvgIpc) is 2.90. The first-order valence-corrected chi connectivity index (χ1v) is 10.1. The van der Waals surface area contributed by atoms with Gasteiger partial charge in [0.25, 0.3) is 0 Å². The van der Waals surface area contributed by atoms with Crippen molar-refractivity contribution in [2.75, 3.05) is 18.0 Å². The minimum absolute atomic E-state index is 0. The maximum Gasteiger partial charge on any atom is 0.182 e. The summed E-state index contributed by atoms with van der Waals surface area (Å²) in [6.07, 6.45) is 4.36. The number of carbonyl (C=O) groups is 1. The molecule has 0 saturated heterocycles. The molecule has 0 spiro atoms. The fraction of sp³-hybridized carbons (Fsp3) is 0.300. The largest absolute Gasteiger partial charge is 0.322 e. The summed E-state index contributed by atoms with van der Waals surface area (Å²) in [5, 5.41) is 0. The molecule has 1 aliphatic heterocycles. The summed E-state index contributed by atoms with van der Waals surface area (Å²) in [5.41, 5.74) is 1.73. The standard InChI is InChI=1S/C20H20Br2N2O.BrH/c21-16-7-5-15(6-8-16)19(25)14-24(18-11-9-17(22)10-12-18)20-4-2-1-3-13-23-20;/h5-12H,1-4,13-14H2;1H. The summed E-state index contributed by atoms with van der Waals surface area (Å²) in [6, 6.07) is 15.6. The summed E-state index contributed by atoms with van der Waals surface area (Å²) >= 11 is 6.89. The van der Waals surface area contributed by atoms with Crippen molar-refractivity contribution in [1.82, 2.24) is 0 Å². The summed E-state index contributed by atoms with van der Waals surface area (Å²) in [7, 11) is 0. The highest BCUT2D eigenvalue weighted by atomic mass is 79.9. The van der Waals surface area contributed by atoms with E-state index in [9.17, 15) is 4.79 Å². The highest BCUT2D eigenvalue weighted by molar-refractivity contribution is 9.10. The molecule has 0 fully saturated rings. The normalized spacial score (nSPS) is 14.0. The lowest BCUT2D eigenvalue weighted by Gasteiger charge is -2.25. The van der Waals surface area contributed by atoms with E-state index < -0.39 is 0 Å². The third-order valence-corrected chi connectivity index (χ3v) is 5.33.